The molecular weight excluding hydrogens is 1020 g/mol. The predicted octanol–water partition coefficient (Wildman–Crippen LogP) is 7.23. The van der Waals surface area contributed by atoms with Crippen molar-refractivity contribution in [1.82, 2.24) is 45.5 Å². The number of nitrogens with two attached hydrogens (primary N) is 2. The van der Waals surface area contributed by atoms with Gasteiger partial charge in [-0.05, 0) is 122 Å². The number of nitrogens with one attached hydrogen (secondary N) is 3. The molecule has 79 heavy (non-hydrogen) atoms. The van der Waals surface area contributed by atoms with E-state index in [2.05, 4.69) is 43.1 Å². The Bertz CT molecular complexity index is 3240. The van der Waals surface area contributed by atoms with Gasteiger partial charge in [0.15, 0.2) is 11.6 Å². The van der Waals surface area contributed by atoms with E-state index in [4.69, 9.17) is 25.7 Å². The summed E-state index contributed by atoms with van der Waals surface area (Å²) in [5.41, 5.74) is 17.2. The van der Waals surface area contributed by atoms with Gasteiger partial charge >= 0.3 is 6.09 Å². The van der Waals surface area contributed by atoms with Gasteiger partial charge in [-0.2, -0.15) is 5.10 Å². The van der Waals surface area contributed by atoms with Crippen LogP contribution >= 0.6 is 0 Å². The molecule has 5 atom stereocenters. The quantitative estimate of drug-likeness (QED) is 0.0642. The Morgan fingerprint density at radius 2 is 1.59 bits per heavy atom. The molecule has 6 aromatic rings. The number of likely N-dealkylation sites (N-methyl/N-ethyl adjacent to an activating group) is 1. The van der Waals surface area contributed by atoms with E-state index in [9.17, 15) is 32.8 Å². The maximum absolute atomic E-state index is 14.8. The van der Waals surface area contributed by atoms with E-state index in [0.717, 1.165) is 42.0 Å². The van der Waals surface area contributed by atoms with Gasteiger partial charge in [-0.15, -0.1) is 0 Å². The Morgan fingerprint density at radius 1 is 0.861 bits per heavy atom. The molecule has 4 aromatic carbocycles. The molecule has 1 aliphatic carbocycles. The van der Waals surface area contributed by atoms with Crippen molar-refractivity contribution in [3.8, 4) is 28.5 Å². The molecule has 0 spiro atoms. The minimum Gasteiger partial charge on any atom is -0.487 e. The molecule has 1 saturated heterocycles. The van der Waals surface area contributed by atoms with Crippen molar-refractivity contribution in [3.63, 3.8) is 0 Å². The molecule has 0 unspecified atom stereocenters. The van der Waals surface area contributed by atoms with Crippen LogP contribution in [0.25, 0.3) is 11.3 Å². The van der Waals surface area contributed by atoms with E-state index >= 15 is 0 Å². The molecule has 5 amide bonds. The Labute approximate surface area is 456 Å². The first-order valence-electron chi connectivity index (χ1n) is 26.4. The van der Waals surface area contributed by atoms with Crippen LogP contribution < -0.4 is 36.9 Å². The number of piperidine rings is 1. The van der Waals surface area contributed by atoms with Crippen LogP contribution in [0.3, 0.4) is 0 Å². The summed E-state index contributed by atoms with van der Waals surface area (Å²) < 4.78 is 46.5. The van der Waals surface area contributed by atoms with Crippen molar-refractivity contribution in [2.24, 2.45) is 11.1 Å². The first kappa shape index (κ1) is 55.3. The minimum absolute atomic E-state index is 0.000845. The van der Waals surface area contributed by atoms with Gasteiger partial charge in [0.05, 0.1) is 41.9 Å². The standard InChI is InChI=1S/C58H65F2N11O8/c1-33(63-5)54(73)67-51(58(2,3)4)56(75)70-29-37-24-43(21-17-36(37)25-47(70)55(74)66-46-14-8-11-34-10-6-7-13-44(34)46)77-31-39-27-65-40(28-64-39)32-78-57(76)69-23-9-12-41(30-69)71-52(61)49(53(62)72)50(68-71)35-15-19-42(20-16-35)79-48-22-18-38(59)26-45(48)60/h6-7,10,13,15-22,24,26-28,33,41,46-47,51,63H,8-9,11-12,14,23,25,29-32,61H2,1-5H3,(H2,62,72)(H,66,74)(H,67,73)/t33-,41+,46+,47-,51+/m0/s1. The summed E-state index contributed by atoms with van der Waals surface area (Å²) in [6.07, 6.45) is 6.52. The number of anilines is 1. The summed E-state index contributed by atoms with van der Waals surface area (Å²) >= 11 is 0. The molecule has 2 aliphatic heterocycles. The van der Waals surface area contributed by atoms with Crippen LogP contribution in [0.5, 0.6) is 17.2 Å². The molecule has 0 radical (unpaired) electrons. The second kappa shape index (κ2) is 23.6. The fourth-order valence-electron chi connectivity index (χ4n) is 10.3. The van der Waals surface area contributed by atoms with Crippen LogP contribution in [0.4, 0.5) is 19.4 Å². The van der Waals surface area contributed by atoms with Gasteiger partial charge in [0.2, 0.25) is 17.7 Å². The Morgan fingerprint density at radius 3 is 2.30 bits per heavy atom. The van der Waals surface area contributed by atoms with E-state index in [1.54, 1.807) is 31.0 Å². The number of hydrogen-bond acceptors (Lipinski definition) is 13. The van der Waals surface area contributed by atoms with E-state index in [1.807, 2.05) is 51.1 Å². The molecule has 2 aromatic heterocycles. The Balaban J connectivity index is 0.821. The zero-order valence-electron chi connectivity index (χ0n) is 44.8. The van der Waals surface area contributed by atoms with E-state index in [-0.39, 0.29) is 85.1 Å². The van der Waals surface area contributed by atoms with Gasteiger partial charge in [-0.3, -0.25) is 29.1 Å². The maximum Gasteiger partial charge on any atom is 0.410 e. The van der Waals surface area contributed by atoms with Crippen molar-refractivity contribution in [2.45, 2.75) is 116 Å². The number of likely N-dealkylation sites (tertiary alicyclic amines) is 1. The van der Waals surface area contributed by atoms with Gasteiger partial charge in [0, 0.05) is 37.7 Å². The van der Waals surface area contributed by atoms with E-state index in [0.29, 0.717) is 48.2 Å². The van der Waals surface area contributed by atoms with Crippen molar-refractivity contribution in [1.29, 1.82) is 0 Å². The number of carbonyl (C=O) groups is 5. The second-order valence-electron chi connectivity index (χ2n) is 21.3. The number of rotatable bonds is 16. The first-order valence-corrected chi connectivity index (χ1v) is 26.4. The molecule has 4 heterocycles. The zero-order valence-corrected chi connectivity index (χ0v) is 44.8. The fraction of sp³-hybridized carbons (Fsp3) is 0.379. The van der Waals surface area contributed by atoms with Crippen LogP contribution in [0.1, 0.15) is 109 Å². The third-order valence-corrected chi connectivity index (χ3v) is 14.7. The van der Waals surface area contributed by atoms with Crippen molar-refractivity contribution < 1.29 is 47.0 Å². The zero-order chi connectivity index (χ0) is 56.1. The number of ether oxygens (including phenoxy) is 3. The Hall–Kier alpha value is -8.46. The molecule has 414 valence electrons. The lowest BCUT2D eigenvalue weighted by Crippen LogP contribution is -2.62. The topological polar surface area (TPSA) is 251 Å². The van der Waals surface area contributed by atoms with Crippen LogP contribution in [0.2, 0.25) is 0 Å². The van der Waals surface area contributed by atoms with Crippen LogP contribution in [0.15, 0.2) is 97.3 Å². The normalized spacial score (nSPS) is 17.8. The van der Waals surface area contributed by atoms with Gasteiger partial charge in [0.25, 0.3) is 5.91 Å². The molecule has 3 aliphatic rings. The lowest BCUT2D eigenvalue weighted by molar-refractivity contribution is -0.147. The number of benzene rings is 4. The van der Waals surface area contributed by atoms with Crippen LogP contribution in [-0.4, -0.2) is 97.5 Å². The summed E-state index contributed by atoms with van der Waals surface area (Å²) in [5, 5.41) is 13.9. The van der Waals surface area contributed by atoms with E-state index in [1.165, 1.54) is 45.7 Å². The average molecular weight is 1080 g/mol. The number of aromatic nitrogens is 4. The monoisotopic (exact) mass is 1080 g/mol. The number of nitrogen functional groups attached to an aromatic ring is 1. The highest BCUT2D eigenvalue weighted by Crippen LogP contribution is 2.36. The van der Waals surface area contributed by atoms with Crippen LogP contribution in [0, 0.1) is 17.0 Å². The number of primary amides is 1. The highest BCUT2D eigenvalue weighted by molar-refractivity contribution is 6.03. The number of amides is 5. The molecule has 0 saturated carbocycles. The first-order chi connectivity index (χ1) is 37.8. The molecule has 9 rings (SSSR count). The van der Waals surface area contributed by atoms with Gasteiger partial charge in [-0.25, -0.2) is 18.3 Å². The van der Waals surface area contributed by atoms with Gasteiger partial charge < -0.3 is 51.4 Å². The summed E-state index contributed by atoms with van der Waals surface area (Å²) in [6, 6.07) is 20.0. The highest BCUT2D eigenvalue weighted by Gasteiger charge is 2.43. The third kappa shape index (κ3) is 12.6. The number of aryl methyl sites for hydroxylation is 1. The molecule has 0 bridgehead atoms. The number of fused-ring (bicyclic) bond motifs is 2. The molecular formula is C58H65F2N11O8. The lowest BCUT2D eigenvalue weighted by atomic mass is 9.83. The molecule has 19 nitrogen and oxygen atoms in total. The number of halogens is 2. The van der Waals surface area contributed by atoms with Gasteiger partial charge in [-0.1, -0.05) is 51.1 Å². The predicted molar refractivity (Wildman–Crippen MR) is 288 cm³/mol. The lowest BCUT2D eigenvalue weighted by Gasteiger charge is -2.41. The largest absolute Gasteiger partial charge is 0.487 e. The maximum atomic E-state index is 14.8. The van der Waals surface area contributed by atoms with Crippen molar-refractivity contribution in [2.75, 3.05) is 25.9 Å². The molecule has 21 heteroatoms. The summed E-state index contributed by atoms with van der Waals surface area (Å²) in [4.78, 5) is 80.7. The number of hydrogen-bond donors (Lipinski definition) is 5. The SMILES string of the molecule is CN[C@@H](C)C(=O)N[C@H](C(=O)N1Cc2cc(OCc3cnc(COC(=O)N4CCC[C@@H](n5nc(-c6ccc(Oc7ccc(F)cc7F)cc6)c(C(N)=O)c5N)C4)cn3)ccc2C[C@H]1C(=O)N[C@@H]1CCCc2ccccc21)C(C)(C)C. The minimum atomic E-state index is -0.931. The number of nitrogens with zero attached hydrogens (tertiary/aromatic N) is 6. The molecule has 1 fully saturated rings. The van der Waals surface area contributed by atoms with Gasteiger partial charge in [0.1, 0.15) is 59.7 Å². The highest BCUT2D eigenvalue weighted by atomic mass is 19.1. The number of carbonyl (C=O) groups excluding carboxylic acids is 5. The summed E-state index contributed by atoms with van der Waals surface area (Å²) in [5.74, 6) is -2.72. The smallest absolute Gasteiger partial charge is 0.410 e. The third-order valence-electron chi connectivity index (χ3n) is 14.7. The van der Waals surface area contributed by atoms with Crippen molar-refractivity contribution >= 4 is 35.5 Å². The Kier molecular flexibility index (Phi) is 16.6. The summed E-state index contributed by atoms with van der Waals surface area (Å²) in [6.45, 7) is 7.95. The van der Waals surface area contributed by atoms with Crippen molar-refractivity contribution in [3.05, 3.63) is 148 Å². The van der Waals surface area contributed by atoms with Crippen LogP contribution in [-0.2, 0) is 51.7 Å². The average Bonchev–Trinajstić information content (AvgIpc) is 4.02. The summed E-state index contributed by atoms with van der Waals surface area (Å²) in [7, 11) is 1.68. The molecule has 7 N–H and O–H groups in total. The van der Waals surface area contributed by atoms with E-state index < -0.39 is 53.2 Å². The fourth-order valence-corrected chi connectivity index (χ4v) is 10.3. The second-order valence-corrected chi connectivity index (χ2v) is 21.3.